The van der Waals surface area contributed by atoms with Crippen molar-refractivity contribution in [3.8, 4) is 0 Å². The molecule has 3 aromatic rings. The molecular weight excluding hydrogens is 470 g/mol. The van der Waals surface area contributed by atoms with Crippen LogP contribution in [-0.4, -0.2) is 27.7 Å². The fourth-order valence-corrected chi connectivity index (χ4v) is 6.12. The van der Waals surface area contributed by atoms with Gasteiger partial charge in [0.25, 0.3) is 5.91 Å². The third kappa shape index (κ3) is 5.67. The second-order valence-electron chi connectivity index (χ2n) is 11.2. The Bertz CT molecular complexity index is 1220. The van der Waals surface area contributed by atoms with Crippen molar-refractivity contribution in [3.05, 3.63) is 76.3 Å². The zero-order valence-corrected chi connectivity index (χ0v) is 21.9. The summed E-state index contributed by atoms with van der Waals surface area (Å²) in [5.41, 5.74) is 2.76. The van der Waals surface area contributed by atoms with Gasteiger partial charge in [-0.15, -0.1) is 10.2 Å². The summed E-state index contributed by atoms with van der Waals surface area (Å²) >= 11 is 1.40. The Morgan fingerprint density at radius 3 is 2.39 bits per heavy atom. The number of hydrogen-bond acceptors (Lipinski definition) is 6. The lowest BCUT2D eigenvalue weighted by Crippen LogP contribution is -2.27. The SMILES string of the molecule is CC(C)(C)OC(=O)C1CC12CCC(c1ccc(C(=O)Nc3nnc(Cc4ccccc4)s3)cc1)CC2. The minimum Gasteiger partial charge on any atom is -0.460 e. The van der Waals surface area contributed by atoms with Crippen LogP contribution in [0.1, 0.15) is 85.3 Å². The molecule has 0 bridgehead atoms. The lowest BCUT2D eigenvalue weighted by atomic mass is 9.75. The average molecular weight is 504 g/mol. The summed E-state index contributed by atoms with van der Waals surface area (Å²) < 4.78 is 5.62. The van der Waals surface area contributed by atoms with Gasteiger partial charge in [-0.1, -0.05) is 53.8 Å². The Morgan fingerprint density at radius 2 is 1.72 bits per heavy atom. The Hall–Kier alpha value is -3.06. The van der Waals surface area contributed by atoms with Crippen molar-refractivity contribution >= 4 is 28.3 Å². The lowest BCUT2D eigenvalue weighted by molar-refractivity contribution is -0.157. The van der Waals surface area contributed by atoms with Crippen molar-refractivity contribution in [3.63, 3.8) is 0 Å². The molecule has 1 amide bonds. The maximum atomic E-state index is 12.7. The number of rotatable bonds is 6. The molecule has 1 atom stereocenters. The summed E-state index contributed by atoms with van der Waals surface area (Å²) in [6.45, 7) is 5.79. The van der Waals surface area contributed by atoms with Crippen molar-refractivity contribution < 1.29 is 14.3 Å². The molecule has 2 aromatic carbocycles. The van der Waals surface area contributed by atoms with Gasteiger partial charge in [-0.05, 0) is 87.5 Å². The summed E-state index contributed by atoms with van der Waals surface area (Å²) in [7, 11) is 0. The van der Waals surface area contributed by atoms with Crippen LogP contribution in [0, 0.1) is 11.3 Å². The number of aromatic nitrogens is 2. The lowest BCUT2D eigenvalue weighted by Gasteiger charge is -2.30. The van der Waals surface area contributed by atoms with Gasteiger partial charge in [-0.2, -0.15) is 0 Å². The second kappa shape index (κ2) is 9.77. The fourth-order valence-electron chi connectivity index (χ4n) is 5.35. The van der Waals surface area contributed by atoms with Gasteiger partial charge in [0.2, 0.25) is 5.13 Å². The van der Waals surface area contributed by atoms with E-state index in [1.54, 1.807) is 0 Å². The van der Waals surface area contributed by atoms with Crippen LogP contribution in [-0.2, 0) is 16.0 Å². The quantitative estimate of drug-likeness (QED) is 0.394. The molecule has 5 rings (SSSR count). The van der Waals surface area contributed by atoms with E-state index < -0.39 is 5.60 Å². The highest BCUT2D eigenvalue weighted by molar-refractivity contribution is 7.15. The van der Waals surface area contributed by atoms with E-state index in [9.17, 15) is 9.59 Å². The molecule has 2 saturated carbocycles. The number of ether oxygens (including phenoxy) is 1. The van der Waals surface area contributed by atoms with Crippen LogP contribution in [0.2, 0.25) is 0 Å². The van der Waals surface area contributed by atoms with Crippen LogP contribution in [0.25, 0.3) is 0 Å². The van der Waals surface area contributed by atoms with Crippen molar-refractivity contribution in [1.29, 1.82) is 0 Å². The molecule has 0 aliphatic heterocycles. The number of benzene rings is 2. The van der Waals surface area contributed by atoms with Gasteiger partial charge in [-0.25, -0.2) is 0 Å². The number of carbonyl (C=O) groups is 2. The number of anilines is 1. The normalized spacial score (nSPS) is 23.3. The van der Waals surface area contributed by atoms with Crippen LogP contribution in [0.15, 0.2) is 54.6 Å². The smallest absolute Gasteiger partial charge is 0.310 e. The molecule has 1 unspecified atom stereocenters. The summed E-state index contributed by atoms with van der Waals surface area (Å²) in [4.78, 5) is 25.2. The molecule has 2 aliphatic carbocycles. The average Bonchev–Trinajstić information content (AvgIpc) is 3.38. The zero-order valence-electron chi connectivity index (χ0n) is 21.1. The molecule has 0 radical (unpaired) electrons. The highest BCUT2D eigenvalue weighted by atomic mass is 32.1. The minimum atomic E-state index is -0.424. The van der Waals surface area contributed by atoms with E-state index in [-0.39, 0.29) is 23.2 Å². The Balaban J connectivity index is 1.13. The number of hydrogen-bond donors (Lipinski definition) is 1. The van der Waals surface area contributed by atoms with Crippen LogP contribution < -0.4 is 5.32 Å². The fraction of sp³-hybridized carbons (Fsp3) is 0.448. The predicted octanol–water partition coefficient (Wildman–Crippen LogP) is 6.39. The number of carbonyl (C=O) groups excluding carboxylic acids is 2. The van der Waals surface area contributed by atoms with Crippen LogP contribution in [0.3, 0.4) is 0 Å². The third-order valence-corrected chi connectivity index (χ3v) is 8.23. The van der Waals surface area contributed by atoms with E-state index in [1.165, 1.54) is 16.9 Å². The second-order valence-corrected chi connectivity index (χ2v) is 12.2. The summed E-state index contributed by atoms with van der Waals surface area (Å²) in [6, 6.07) is 18.0. The first-order chi connectivity index (χ1) is 17.2. The van der Waals surface area contributed by atoms with Gasteiger partial charge in [0.15, 0.2) is 0 Å². The standard InChI is InChI=1S/C29H33N3O3S/c1-28(2,3)35-26(34)23-18-29(23)15-13-21(14-16-29)20-9-11-22(12-10-20)25(33)30-27-32-31-24(36-27)17-19-7-5-4-6-8-19/h4-12,21,23H,13-18H2,1-3H3,(H,30,32,33). The van der Waals surface area contributed by atoms with Gasteiger partial charge in [-0.3, -0.25) is 14.9 Å². The first kappa shape index (κ1) is 24.6. The maximum Gasteiger partial charge on any atom is 0.310 e. The van der Waals surface area contributed by atoms with Crippen molar-refractivity contribution in [2.24, 2.45) is 11.3 Å². The molecule has 1 heterocycles. The largest absolute Gasteiger partial charge is 0.460 e. The first-order valence-electron chi connectivity index (χ1n) is 12.7. The molecule has 1 aromatic heterocycles. The van der Waals surface area contributed by atoms with Crippen LogP contribution in [0.5, 0.6) is 0 Å². The van der Waals surface area contributed by atoms with Crippen molar-refractivity contribution in [2.75, 3.05) is 5.32 Å². The van der Waals surface area contributed by atoms with E-state index in [4.69, 9.17) is 4.74 Å². The summed E-state index contributed by atoms with van der Waals surface area (Å²) in [5.74, 6) is 0.331. The third-order valence-electron chi connectivity index (χ3n) is 7.39. The Kier molecular flexibility index (Phi) is 6.68. The first-order valence-corrected chi connectivity index (χ1v) is 13.5. The van der Waals surface area contributed by atoms with Gasteiger partial charge in [0.05, 0.1) is 5.92 Å². The molecule has 6 nitrogen and oxygen atoms in total. The maximum absolute atomic E-state index is 12.7. The number of nitrogens with zero attached hydrogens (tertiary/aromatic N) is 2. The highest BCUT2D eigenvalue weighted by Crippen LogP contribution is 2.63. The van der Waals surface area contributed by atoms with Gasteiger partial charge in [0, 0.05) is 12.0 Å². The van der Waals surface area contributed by atoms with E-state index in [0.717, 1.165) is 42.7 Å². The van der Waals surface area contributed by atoms with Gasteiger partial charge >= 0.3 is 5.97 Å². The zero-order chi connectivity index (χ0) is 25.3. The number of nitrogens with one attached hydrogen (secondary N) is 1. The van der Waals surface area contributed by atoms with Crippen molar-refractivity contribution in [2.45, 2.75) is 70.8 Å². The Labute approximate surface area is 216 Å². The van der Waals surface area contributed by atoms with E-state index >= 15 is 0 Å². The topological polar surface area (TPSA) is 81.2 Å². The highest BCUT2D eigenvalue weighted by Gasteiger charge is 2.59. The summed E-state index contributed by atoms with van der Waals surface area (Å²) in [5, 5.41) is 12.6. The van der Waals surface area contributed by atoms with E-state index in [1.807, 2.05) is 51.1 Å². The van der Waals surface area contributed by atoms with E-state index in [2.05, 4.69) is 39.8 Å². The number of amides is 1. The molecule has 188 valence electrons. The molecule has 1 spiro atoms. The summed E-state index contributed by atoms with van der Waals surface area (Å²) in [6.07, 6.45) is 5.93. The molecule has 7 heteroatoms. The van der Waals surface area contributed by atoms with Gasteiger partial charge in [0.1, 0.15) is 10.6 Å². The number of esters is 1. The predicted molar refractivity (Wildman–Crippen MR) is 141 cm³/mol. The molecule has 36 heavy (non-hydrogen) atoms. The molecule has 0 saturated heterocycles. The van der Waals surface area contributed by atoms with Gasteiger partial charge < -0.3 is 4.74 Å². The van der Waals surface area contributed by atoms with E-state index in [0.29, 0.717) is 23.0 Å². The minimum absolute atomic E-state index is 0.0288. The molecular formula is C29H33N3O3S. The van der Waals surface area contributed by atoms with Crippen molar-refractivity contribution in [1.82, 2.24) is 10.2 Å². The van der Waals surface area contributed by atoms with Crippen LogP contribution in [0.4, 0.5) is 5.13 Å². The monoisotopic (exact) mass is 503 g/mol. The molecule has 1 N–H and O–H groups in total. The molecule has 2 fully saturated rings. The molecule has 2 aliphatic rings. The van der Waals surface area contributed by atoms with Crippen LogP contribution >= 0.6 is 11.3 Å². The Morgan fingerprint density at radius 1 is 1.03 bits per heavy atom.